The summed E-state index contributed by atoms with van der Waals surface area (Å²) >= 11 is 0. The zero-order valence-corrected chi connectivity index (χ0v) is 22.8. The van der Waals surface area contributed by atoms with E-state index >= 15 is 0 Å². The molecule has 14 nitrogen and oxygen atoms in total. The highest BCUT2D eigenvalue weighted by molar-refractivity contribution is 5.91. The van der Waals surface area contributed by atoms with Crippen LogP contribution in [-0.4, -0.2) is 69.2 Å². The lowest BCUT2D eigenvalue weighted by Crippen LogP contribution is -2.48. The number of primary amides is 1. The fourth-order valence-electron chi connectivity index (χ4n) is 4.20. The first-order valence-corrected chi connectivity index (χ1v) is 13.4. The largest absolute Gasteiger partial charge is 0.457 e. The van der Waals surface area contributed by atoms with Gasteiger partial charge in [0.25, 0.3) is 0 Å². The minimum Gasteiger partial charge on any atom is -0.457 e. The molecule has 3 amide bonds. The summed E-state index contributed by atoms with van der Waals surface area (Å²) in [6.07, 6.45) is 0.512. The van der Waals surface area contributed by atoms with Crippen LogP contribution < -0.4 is 27.8 Å². The molecule has 1 unspecified atom stereocenters. The molecule has 0 aliphatic carbocycles. The van der Waals surface area contributed by atoms with Gasteiger partial charge in [-0.3, -0.25) is 23.7 Å². The number of halogens is 1. The molecule has 5 atom stereocenters. The topological polar surface area (TPSA) is 218 Å². The van der Waals surface area contributed by atoms with Crippen molar-refractivity contribution in [3.63, 3.8) is 0 Å². The molecule has 0 aromatic carbocycles. The quantitative estimate of drug-likeness (QED) is 0.130. The van der Waals surface area contributed by atoms with E-state index in [1.807, 2.05) is 0 Å². The summed E-state index contributed by atoms with van der Waals surface area (Å²) in [6, 6.07) is -1.13. The van der Waals surface area contributed by atoms with E-state index in [0.717, 1.165) is 36.4 Å². The van der Waals surface area contributed by atoms with Crippen LogP contribution in [0.4, 0.5) is 10.2 Å². The van der Waals surface area contributed by atoms with Gasteiger partial charge >= 0.3 is 11.7 Å². The highest BCUT2D eigenvalue weighted by Gasteiger charge is 2.45. The number of carbonyl (C=O) groups is 4. The number of hydrogen-bond donors (Lipinski definition) is 5. The zero-order chi connectivity index (χ0) is 29.8. The molecular formula is C25H39FN6O8. The van der Waals surface area contributed by atoms with Crippen molar-refractivity contribution in [1.82, 2.24) is 20.2 Å². The van der Waals surface area contributed by atoms with E-state index in [4.69, 9.17) is 20.9 Å². The number of carbonyl (C=O) groups excluding carboxylic acids is 4. The summed E-state index contributed by atoms with van der Waals surface area (Å²) < 4.78 is 25.3. The third-order valence-electron chi connectivity index (χ3n) is 6.34. The summed E-state index contributed by atoms with van der Waals surface area (Å²) in [5, 5.41) is 15.7. The van der Waals surface area contributed by atoms with Crippen molar-refractivity contribution in [1.29, 1.82) is 0 Å². The second kappa shape index (κ2) is 15.9. The molecule has 0 spiro atoms. The van der Waals surface area contributed by atoms with Crippen LogP contribution in [0.15, 0.2) is 11.0 Å². The molecule has 7 N–H and O–H groups in total. The van der Waals surface area contributed by atoms with Crippen molar-refractivity contribution in [2.75, 3.05) is 12.3 Å². The fraction of sp³-hybridized carbons (Fsp3) is 0.680. The van der Waals surface area contributed by atoms with E-state index in [2.05, 4.69) is 22.5 Å². The van der Waals surface area contributed by atoms with Crippen LogP contribution >= 0.6 is 0 Å². The number of nitrogens with zero attached hydrogens (tertiary/aromatic N) is 2. The van der Waals surface area contributed by atoms with E-state index in [0.29, 0.717) is 6.42 Å². The van der Waals surface area contributed by atoms with E-state index in [1.165, 1.54) is 6.92 Å². The maximum atomic E-state index is 13.8. The minimum atomic E-state index is -1.49. The van der Waals surface area contributed by atoms with Crippen LogP contribution in [0.25, 0.3) is 0 Å². The van der Waals surface area contributed by atoms with Crippen LogP contribution in [0.1, 0.15) is 77.9 Å². The van der Waals surface area contributed by atoms with E-state index in [-0.39, 0.29) is 38.1 Å². The number of rotatable bonds is 16. The number of aromatic nitrogens is 2. The predicted octanol–water partition coefficient (Wildman–Crippen LogP) is -0.228. The molecule has 1 aliphatic heterocycles. The Balaban J connectivity index is 1.80. The molecule has 0 saturated carbocycles. The highest BCUT2D eigenvalue weighted by atomic mass is 19.1. The van der Waals surface area contributed by atoms with Gasteiger partial charge < -0.3 is 36.7 Å². The number of aliphatic hydroxyl groups excluding tert-OH is 1. The molecule has 0 radical (unpaired) electrons. The lowest BCUT2D eigenvalue weighted by molar-refractivity contribution is -0.155. The van der Waals surface area contributed by atoms with Gasteiger partial charge in [-0.1, -0.05) is 32.6 Å². The van der Waals surface area contributed by atoms with Gasteiger partial charge in [-0.05, 0) is 19.8 Å². The van der Waals surface area contributed by atoms with Crippen LogP contribution in [-0.2, 0) is 28.7 Å². The Morgan fingerprint density at radius 1 is 1.20 bits per heavy atom. The first-order valence-electron chi connectivity index (χ1n) is 13.4. The van der Waals surface area contributed by atoms with Gasteiger partial charge in [0.15, 0.2) is 24.0 Å². The van der Waals surface area contributed by atoms with Crippen molar-refractivity contribution in [2.45, 2.75) is 102 Å². The molecule has 224 valence electrons. The third-order valence-corrected chi connectivity index (χ3v) is 6.34. The highest BCUT2D eigenvalue weighted by Crippen LogP contribution is 2.30. The molecule has 40 heavy (non-hydrogen) atoms. The predicted molar refractivity (Wildman–Crippen MR) is 140 cm³/mol. The zero-order valence-electron chi connectivity index (χ0n) is 22.8. The number of unbranched alkanes of at least 4 members (excludes halogenated alkanes) is 4. The van der Waals surface area contributed by atoms with E-state index in [9.17, 15) is 33.5 Å². The molecule has 1 aromatic heterocycles. The van der Waals surface area contributed by atoms with E-state index < -0.39 is 65.7 Å². The molecule has 0 bridgehead atoms. The van der Waals surface area contributed by atoms with Crippen molar-refractivity contribution >= 4 is 29.5 Å². The summed E-state index contributed by atoms with van der Waals surface area (Å²) in [4.78, 5) is 63.8. The Bertz CT molecular complexity index is 1100. The molecule has 1 aliphatic rings. The Kier molecular flexibility index (Phi) is 12.9. The van der Waals surface area contributed by atoms with Gasteiger partial charge in [0, 0.05) is 19.4 Å². The number of ether oxygens (including phenoxy) is 2. The van der Waals surface area contributed by atoms with Gasteiger partial charge in [0.05, 0.1) is 18.7 Å². The van der Waals surface area contributed by atoms with Crippen LogP contribution in [0, 0.1) is 5.82 Å². The lowest BCUT2D eigenvalue weighted by atomic mass is 10.1. The SMILES string of the molecule is CCCCCCCC(=O)NC(CC(N)=O)C(=O)NCCCC(=O)O[C@H]1[C@@H](O)[C@H](n2cc(F)c(N)nc2=O)O[C@@H]1C. The number of nitrogens with one attached hydrogen (secondary N) is 2. The lowest BCUT2D eigenvalue weighted by Gasteiger charge is -2.20. The molecule has 1 saturated heterocycles. The normalized spacial score (nSPS) is 21.0. The molecule has 1 aromatic rings. The van der Waals surface area contributed by atoms with Crippen LogP contribution in [0.3, 0.4) is 0 Å². The minimum absolute atomic E-state index is 0.0315. The fourth-order valence-corrected chi connectivity index (χ4v) is 4.20. The molecule has 1 fully saturated rings. The number of anilines is 1. The molecule has 2 rings (SSSR count). The van der Waals surface area contributed by atoms with Crippen LogP contribution in [0.2, 0.25) is 0 Å². The van der Waals surface area contributed by atoms with Gasteiger partial charge in [-0.25, -0.2) is 9.18 Å². The van der Waals surface area contributed by atoms with Gasteiger partial charge in [-0.2, -0.15) is 4.98 Å². The Morgan fingerprint density at radius 3 is 2.58 bits per heavy atom. The number of nitrogens with two attached hydrogens (primary N) is 2. The monoisotopic (exact) mass is 570 g/mol. The van der Waals surface area contributed by atoms with Crippen molar-refractivity contribution in [2.24, 2.45) is 5.73 Å². The summed E-state index contributed by atoms with van der Waals surface area (Å²) in [5.41, 5.74) is 9.54. The summed E-state index contributed by atoms with van der Waals surface area (Å²) in [7, 11) is 0. The van der Waals surface area contributed by atoms with E-state index in [1.54, 1.807) is 0 Å². The number of amides is 3. The second-order valence-electron chi connectivity index (χ2n) is 9.69. The third kappa shape index (κ3) is 9.86. The standard InChI is InChI=1S/C25H39FN6O8/c1-3-4-5-6-7-9-18(34)30-16(12-17(27)33)23(37)29-11-8-10-19(35)40-21-14(2)39-24(20(21)36)32-13-15(26)22(28)31-25(32)38/h13-14,16,20-21,24,36H,3-12H2,1-2H3,(H2,27,33)(H,29,37)(H,30,34)(H2,28,31,38)/t14-,16?,20-,21-,24-/m1/s1. The maximum absolute atomic E-state index is 13.8. The van der Waals surface area contributed by atoms with Gasteiger partial charge in [0.2, 0.25) is 17.7 Å². The molecule has 15 heteroatoms. The first-order chi connectivity index (χ1) is 18.9. The second-order valence-corrected chi connectivity index (χ2v) is 9.69. The number of hydrogen-bond acceptors (Lipinski definition) is 10. The smallest absolute Gasteiger partial charge is 0.351 e. The van der Waals surface area contributed by atoms with Crippen molar-refractivity contribution in [3.8, 4) is 0 Å². The number of esters is 1. The van der Waals surface area contributed by atoms with Crippen molar-refractivity contribution < 1.29 is 38.1 Å². The van der Waals surface area contributed by atoms with Crippen LogP contribution in [0.5, 0.6) is 0 Å². The Labute approximate surface area is 231 Å². The number of aliphatic hydroxyl groups is 1. The number of nitrogen functional groups attached to an aromatic ring is 1. The summed E-state index contributed by atoms with van der Waals surface area (Å²) in [5.74, 6) is -4.02. The molecule has 2 heterocycles. The average Bonchev–Trinajstić information content (AvgIpc) is 3.15. The Hall–Kier alpha value is -3.59. The summed E-state index contributed by atoms with van der Waals surface area (Å²) in [6.45, 7) is 3.62. The van der Waals surface area contributed by atoms with Gasteiger partial charge in [-0.15, -0.1) is 0 Å². The maximum Gasteiger partial charge on any atom is 0.351 e. The molecular weight excluding hydrogens is 531 g/mol. The van der Waals surface area contributed by atoms with Crippen molar-refractivity contribution in [3.05, 3.63) is 22.5 Å². The average molecular weight is 571 g/mol. The Morgan fingerprint density at radius 2 is 1.90 bits per heavy atom. The first kappa shape index (κ1) is 32.6. The van der Waals surface area contributed by atoms with Gasteiger partial charge in [0.1, 0.15) is 12.1 Å².